The number of ether oxygens (including phenoxy) is 4. The zero-order valence-corrected chi connectivity index (χ0v) is 24.5. The number of hydrogen-bond donors (Lipinski definition) is 1. The lowest BCUT2D eigenvalue weighted by molar-refractivity contribution is -0.149. The smallest absolute Gasteiger partial charge is 0.332 e. The third kappa shape index (κ3) is 8.22. The number of nitrogens with one attached hydrogen (secondary N) is 1. The molecular formula is C30H37FN2O7S. The Morgan fingerprint density at radius 3 is 2.37 bits per heavy atom. The van der Waals surface area contributed by atoms with E-state index in [4.69, 9.17) is 23.4 Å². The van der Waals surface area contributed by atoms with Crippen LogP contribution in [0.4, 0.5) is 10.1 Å². The van der Waals surface area contributed by atoms with Crippen LogP contribution >= 0.6 is 11.9 Å². The Kier molecular flexibility index (Phi) is 11.4. The molecule has 1 saturated carbocycles. The van der Waals surface area contributed by atoms with Gasteiger partial charge in [-0.3, -0.25) is 4.79 Å². The van der Waals surface area contributed by atoms with E-state index in [0.717, 1.165) is 23.9 Å². The fraction of sp³-hybridized carbons (Fsp3) is 0.467. The summed E-state index contributed by atoms with van der Waals surface area (Å²) in [5.41, 5.74) is 3.90. The second-order valence-corrected chi connectivity index (χ2v) is 10.2. The molecule has 4 rings (SSSR count). The monoisotopic (exact) mass is 588 g/mol. The zero-order valence-electron chi connectivity index (χ0n) is 23.7. The Bertz CT molecular complexity index is 1310. The van der Waals surface area contributed by atoms with Crippen molar-refractivity contribution in [2.24, 2.45) is 0 Å². The number of nitrogens with zero attached hydrogens (tertiary/aromatic N) is 1. The van der Waals surface area contributed by atoms with E-state index < -0.39 is 0 Å². The van der Waals surface area contributed by atoms with E-state index in [-0.39, 0.29) is 24.3 Å². The van der Waals surface area contributed by atoms with Crippen molar-refractivity contribution < 1.29 is 37.3 Å². The summed E-state index contributed by atoms with van der Waals surface area (Å²) in [4.78, 5) is 24.2. The molecule has 41 heavy (non-hydrogen) atoms. The van der Waals surface area contributed by atoms with Crippen molar-refractivity contribution in [3.63, 3.8) is 0 Å². The van der Waals surface area contributed by atoms with Gasteiger partial charge in [-0.25, -0.2) is 9.18 Å². The molecule has 0 saturated heterocycles. The van der Waals surface area contributed by atoms with Crippen molar-refractivity contribution in [1.82, 2.24) is 5.32 Å². The second-order valence-electron chi connectivity index (χ2n) is 9.44. The fourth-order valence-corrected chi connectivity index (χ4v) is 5.11. The van der Waals surface area contributed by atoms with Gasteiger partial charge in [0.05, 0.1) is 57.4 Å². The Hall–Kier alpha value is -3.12. The molecule has 1 aromatic heterocycles. The highest BCUT2D eigenvalue weighted by molar-refractivity contribution is 7.99. The molecule has 1 aliphatic rings. The molecule has 1 heterocycles. The van der Waals surface area contributed by atoms with Gasteiger partial charge in [0.25, 0.3) is 5.91 Å². The van der Waals surface area contributed by atoms with Crippen molar-refractivity contribution in [2.75, 3.05) is 70.4 Å². The van der Waals surface area contributed by atoms with Crippen LogP contribution in [0.1, 0.15) is 41.6 Å². The first-order valence-corrected chi connectivity index (χ1v) is 14.9. The summed E-state index contributed by atoms with van der Waals surface area (Å²) in [5, 5.41) is 3.47. The number of furan rings is 1. The number of anilines is 1. The summed E-state index contributed by atoms with van der Waals surface area (Å²) >= 11 is 1.60. The van der Waals surface area contributed by atoms with Crippen LogP contribution in [0.25, 0.3) is 22.3 Å². The molecule has 0 spiro atoms. The van der Waals surface area contributed by atoms with Crippen LogP contribution < -0.4 is 9.62 Å². The van der Waals surface area contributed by atoms with E-state index >= 15 is 0 Å². The summed E-state index contributed by atoms with van der Waals surface area (Å²) in [6.07, 6.45) is 4.20. The van der Waals surface area contributed by atoms with Gasteiger partial charge in [-0.1, -0.05) is 11.9 Å². The molecular weight excluding hydrogens is 551 g/mol. The van der Waals surface area contributed by atoms with Gasteiger partial charge < -0.3 is 33.0 Å². The number of hydrogen-bond acceptors (Lipinski definition) is 9. The first-order chi connectivity index (χ1) is 20.0. The number of fused-ring (bicyclic) bond motifs is 1. The van der Waals surface area contributed by atoms with E-state index in [0.29, 0.717) is 74.6 Å². The van der Waals surface area contributed by atoms with Gasteiger partial charge in [0.15, 0.2) is 0 Å². The van der Waals surface area contributed by atoms with Crippen LogP contribution in [0.15, 0.2) is 40.8 Å². The lowest BCUT2D eigenvalue weighted by Gasteiger charge is -2.24. The Labute approximate surface area is 243 Å². The molecule has 0 unspecified atom stereocenters. The summed E-state index contributed by atoms with van der Waals surface area (Å²) in [6.45, 7) is 4.67. The lowest BCUT2D eigenvalue weighted by atomic mass is 10.0. The third-order valence-electron chi connectivity index (χ3n) is 6.61. The second kappa shape index (κ2) is 15.2. The topological polar surface area (TPSA) is 99.5 Å². The van der Waals surface area contributed by atoms with Gasteiger partial charge in [-0.05, 0) is 61.6 Å². The molecule has 2 aromatic carbocycles. The Morgan fingerprint density at radius 2 is 1.73 bits per heavy atom. The lowest BCUT2D eigenvalue weighted by Crippen LogP contribution is -2.22. The minimum Gasteiger partial charge on any atom is -0.464 e. The SMILES string of the molecule is CCOC(=O)COCCOCCOCCN(SC)c1cc2oc(-c3ccc(F)cc3)c(C(=O)NC)c2cc1C1CC1. The molecule has 1 aliphatic carbocycles. The van der Waals surface area contributed by atoms with E-state index in [1.807, 2.05) is 12.3 Å². The summed E-state index contributed by atoms with van der Waals surface area (Å²) in [6, 6.07) is 10.0. The maximum Gasteiger partial charge on any atom is 0.332 e. The highest BCUT2D eigenvalue weighted by atomic mass is 32.2. The molecule has 1 amide bonds. The zero-order chi connectivity index (χ0) is 29.2. The largest absolute Gasteiger partial charge is 0.464 e. The standard InChI is InChI=1S/C30H37FN2O7S/c1-4-39-27(34)19-38-16-15-37-14-13-36-12-11-33(41-3)25-18-26-24(17-23(25)20-5-6-20)28(30(35)32-2)29(40-26)21-7-9-22(31)10-8-21/h7-10,17-18,20H,4-6,11-16,19H2,1-3H3,(H,32,35). The molecule has 0 bridgehead atoms. The predicted octanol–water partition coefficient (Wildman–Crippen LogP) is 5.17. The van der Waals surface area contributed by atoms with Gasteiger partial charge in [-0.15, -0.1) is 0 Å². The highest BCUT2D eigenvalue weighted by Gasteiger charge is 2.31. The van der Waals surface area contributed by atoms with Crippen LogP contribution in [0.3, 0.4) is 0 Å². The van der Waals surface area contributed by atoms with Crippen molar-refractivity contribution in [3.05, 3.63) is 53.3 Å². The van der Waals surface area contributed by atoms with E-state index in [2.05, 4.69) is 15.7 Å². The van der Waals surface area contributed by atoms with E-state index in [1.165, 1.54) is 17.7 Å². The quantitative estimate of drug-likeness (QED) is 0.130. The summed E-state index contributed by atoms with van der Waals surface area (Å²) in [7, 11) is 1.59. The molecule has 222 valence electrons. The van der Waals surface area contributed by atoms with Crippen molar-refractivity contribution in [3.8, 4) is 11.3 Å². The van der Waals surface area contributed by atoms with Gasteiger partial charge in [0.2, 0.25) is 0 Å². The van der Waals surface area contributed by atoms with Crippen LogP contribution in [0, 0.1) is 5.82 Å². The molecule has 0 radical (unpaired) electrons. The molecule has 1 fully saturated rings. The van der Waals surface area contributed by atoms with Crippen molar-refractivity contribution in [2.45, 2.75) is 25.7 Å². The van der Waals surface area contributed by atoms with Crippen molar-refractivity contribution in [1.29, 1.82) is 0 Å². The maximum atomic E-state index is 13.6. The number of benzene rings is 2. The van der Waals surface area contributed by atoms with Crippen LogP contribution in [0.5, 0.6) is 0 Å². The van der Waals surface area contributed by atoms with Crippen LogP contribution in [0.2, 0.25) is 0 Å². The average Bonchev–Trinajstić information content (AvgIpc) is 3.76. The third-order valence-corrected chi connectivity index (χ3v) is 7.43. The first kappa shape index (κ1) is 30.8. The molecule has 0 aliphatic heterocycles. The number of esters is 1. The number of halogens is 1. The van der Waals surface area contributed by atoms with Crippen molar-refractivity contribution >= 4 is 40.5 Å². The molecule has 3 aromatic rings. The fourth-order valence-electron chi connectivity index (χ4n) is 4.50. The van der Waals surface area contributed by atoms with Gasteiger partial charge >= 0.3 is 5.97 Å². The van der Waals surface area contributed by atoms with Gasteiger partial charge in [0, 0.05) is 30.3 Å². The summed E-state index contributed by atoms with van der Waals surface area (Å²) < 4.78 is 43.3. The maximum absolute atomic E-state index is 13.6. The molecule has 9 nitrogen and oxygen atoms in total. The van der Waals surface area contributed by atoms with Gasteiger partial charge in [0.1, 0.15) is 23.8 Å². The van der Waals surface area contributed by atoms with Crippen LogP contribution in [-0.2, 0) is 23.7 Å². The number of amides is 1. The number of rotatable bonds is 17. The molecule has 0 atom stereocenters. The average molecular weight is 589 g/mol. The Morgan fingerprint density at radius 1 is 1.05 bits per heavy atom. The minimum absolute atomic E-state index is 0.0779. The molecule has 1 N–H and O–H groups in total. The van der Waals surface area contributed by atoms with Crippen LogP contribution in [-0.4, -0.2) is 78.0 Å². The predicted molar refractivity (Wildman–Crippen MR) is 157 cm³/mol. The normalized spacial score (nSPS) is 13.0. The highest BCUT2D eigenvalue weighted by Crippen LogP contribution is 2.48. The van der Waals surface area contributed by atoms with E-state index in [1.54, 1.807) is 38.1 Å². The molecule has 11 heteroatoms. The van der Waals surface area contributed by atoms with E-state index in [9.17, 15) is 14.0 Å². The summed E-state index contributed by atoms with van der Waals surface area (Å²) in [5.74, 6) is -0.144. The Balaban J connectivity index is 1.40. The minimum atomic E-state index is -0.384. The van der Waals surface area contributed by atoms with Gasteiger partial charge in [-0.2, -0.15) is 0 Å². The number of carbonyl (C=O) groups is 2. The number of carbonyl (C=O) groups excluding carboxylic acids is 2. The first-order valence-electron chi connectivity index (χ1n) is 13.8.